The van der Waals surface area contributed by atoms with Crippen LogP contribution in [-0.4, -0.2) is 64.8 Å². The summed E-state index contributed by atoms with van der Waals surface area (Å²) in [5.41, 5.74) is 6.67. The molecule has 0 amide bonds. The molecule has 0 saturated carbocycles. The summed E-state index contributed by atoms with van der Waals surface area (Å²) in [5, 5.41) is 11.3. The SMILES string of the molecule is Cc1cc2nc(-c3cccc(-c4ccc(N5CCN(C)CC5)nc4)c3)sc2c(-c2ccc(Cl)cc2OC(C)(C)C)c1CC(=O)O. The third-order valence-corrected chi connectivity index (χ3v) is 9.36. The summed E-state index contributed by atoms with van der Waals surface area (Å²) in [4.78, 5) is 26.6. The third kappa shape index (κ3) is 6.83. The van der Waals surface area contributed by atoms with Gasteiger partial charge in [-0.2, -0.15) is 0 Å². The Bertz CT molecular complexity index is 1870. The minimum atomic E-state index is -0.893. The van der Waals surface area contributed by atoms with Crippen LogP contribution >= 0.6 is 22.9 Å². The molecule has 1 saturated heterocycles. The van der Waals surface area contributed by atoms with Crippen LogP contribution in [-0.2, 0) is 11.2 Å². The van der Waals surface area contributed by atoms with Gasteiger partial charge in [0, 0.05) is 59.7 Å². The second kappa shape index (κ2) is 12.4. The summed E-state index contributed by atoms with van der Waals surface area (Å²) in [6, 6.07) is 20.1. The van der Waals surface area contributed by atoms with Crippen molar-refractivity contribution in [1.82, 2.24) is 14.9 Å². The fraction of sp³-hybridized carbons (Fsp3) is 0.306. The Hall–Kier alpha value is -3.98. The van der Waals surface area contributed by atoms with Gasteiger partial charge in [0.05, 0.1) is 16.6 Å². The number of aliphatic carboxylic acids is 1. The first-order chi connectivity index (χ1) is 21.4. The van der Waals surface area contributed by atoms with Crippen molar-refractivity contribution < 1.29 is 14.6 Å². The lowest BCUT2D eigenvalue weighted by atomic mass is 9.92. The number of fused-ring (bicyclic) bond motifs is 1. The van der Waals surface area contributed by atoms with Crippen molar-refractivity contribution in [3.05, 3.63) is 83.0 Å². The normalized spacial score (nSPS) is 14.2. The molecule has 0 atom stereocenters. The van der Waals surface area contributed by atoms with Crippen molar-refractivity contribution in [1.29, 1.82) is 0 Å². The Kier molecular flexibility index (Phi) is 8.57. The first-order valence-corrected chi connectivity index (χ1v) is 16.3. The van der Waals surface area contributed by atoms with Gasteiger partial charge in [0.2, 0.25) is 0 Å². The lowest BCUT2D eigenvalue weighted by Crippen LogP contribution is -2.44. The summed E-state index contributed by atoms with van der Waals surface area (Å²) in [5.74, 6) is 0.722. The van der Waals surface area contributed by atoms with Crippen LogP contribution in [0.4, 0.5) is 5.82 Å². The maximum Gasteiger partial charge on any atom is 0.307 e. The van der Waals surface area contributed by atoms with Crippen molar-refractivity contribution in [3.63, 3.8) is 0 Å². The van der Waals surface area contributed by atoms with E-state index in [1.807, 2.05) is 58.2 Å². The summed E-state index contributed by atoms with van der Waals surface area (Å²) in [7, 11) is 2.15. The molecule has 232 valence electrons. The minimum Gasteiger partial charge on any atom is -0.487 e. The number of likely N-dealkylation sites (N-methyl/N-ethyl adjacent to an activating group) is 1. The molecule has 0 aliphatic carbocycles. The molecule has 1 N–H and O–H groups in total. The quantitative estimate of drug-likeness (QED) is 0.192. The molecule has 9 heteroatoms. The molecular formula is C36H37ClN4O3S. The molecule has 2 aromatic heterocycles. The average molecular weight is 641 g/mol. The molecule has 0 bridgehead atoms. The molecule has 0 spiro atoms. The minimum absolute atomic E-state index is 0.117. The average Bonchev–Trinajstić information content (AvgIpc) is 3.41. The number of pyridine rings is 1. The number of piperazine rings is 1. The highest BCUT2D eigenvalue weighted by atomic mass is 35.5. The van der Waals surface area contributed by atoms with Crippen molar-refractivity contribution in [2.75, 3.05) is 38.1 Å². The standard InChI is InChI=1S/C36H37ClN4O3S/c1-22-17-29-34(33(28(22)20-32(42)43)27-11-10-26(37)19-30(27)44-36(2,3)4)45-35(39-29)24-8-6-7-23(18-24)25-9-12-31(38-21-25)41-15-13-40(5)14-16-41/h6-12,17-19,21H,13-16,20H2,1-5H3,(H,42,43). The van der Waals surface area contributed by atoms with Crippen molar-refractivity contribution in [3.8, 4) is 38.6 Å². The number of aromatic nitrogens is 2. The van der Waals surface area contributed by atoms with Crippen molar-refractivity contribution in [2.45, 2.75) is 39.7 Å². The maximum atomic E-state index is 12.1. The van der Waals surface area contributed by atoms with E-state index >= 15 is 0 Å². The summed E-state index contributed by atoms with van der Waals surface area (Å²) < 4.78 is 7.28. The number of carboxylic acid groups (broad SMARTS) is 1. The lowest BCUT2D eigenvalue weighted by molar-refractivity contribution is -0.136. The van der Waals surface area contributed by atoms with Gasteiger partial charge in [-0.25, -0.2) is 9.97 Å². The number of benzene rings is 3. The highest BCUT2D eigenvalue weighted by Gasteiger charge is 2.24. The van der Waals surface area contributed by atoms with E-state index in [0.29, 0.717) is 10.8 Å². The van der Waals surface area contributed by atoms with Crippen LogP contribution < -0.4 is 9.64 Å². The van der Waals surface area contributed by atoms with Crippen LogP contribution in [0.1, 0.15) is 31.9 Å². The van der Waals surface area contributed by atoms with E-state index in [1.165, 1.54) is 0 Å². The Morgan fingerprint density at radius 1 is 1.00 bits per heavy atom. The van der Waals surface area contributed by atoms with Gasteiger partial charge in [0.1, 0.15) is 22.2 Å². The summed E-state index contributed by atoms with van der Waals surface area (Å²) >= 11 is 7.98. The Morgan fingerprint density at radius 2 is 1.76 bits per heavy atom. The predicted octanol–water partition coefficient (Wildman–Crippen LogP) is 8.21. The number of thiazole rings is 1. The summed E-state index contributed by atoms with van der Waals surface area (Å²) in [6.45, 7) is 11.9. The van der Waals surface area contributed by atoms with Crippen molar-refractivity contribution >= 4 is 44.9 Å². The Balaban J connectivity index is 1.42. The zero-order valence-corrected chi connectivity index (χ0v) is 27.8. The number of hydrogen-bond donors (Lipinski definition) is 1. The van der Waals surface area contributed by atoms with Crippen LogP contribution in [0.3, 0.4) is 0 Å². The van der Waals surface area contributed by atoms with E-state index in [-0.39, 0.29) is 6.42 Å². The largest absolute Gasteiger partial charge is 0.487 e. The van der Waals surface area contributed by atoms with Crippen LogP contribution in [0.5, 0.6) is 5.75 Å². The molecule has 6 rings (SSSR count). The first-order valence-electron chi connectivity index (χ1n) is 15.1. The number of carboxylic acids is 1. The molecule has 0 radical (unpaired) electrons. The maximum absolute atomic E-state index is 12.1. The van der Waals surface area contributed by atoms with Gasteiger partial charge in [0.25, 0.3) is 0 Å². The molecule has 1 fully saturated rings. The van der Waals surface area contributed by atoms with E-state index < -0.39 is 11.6 Å². The Labute approximate surface area is 273 Å². The molecule has 0 unspecified atom stereocenters. The van der Waals surface area contributed by atoms with Crippen LogP contribution in [0.2, 0.25) is 5.02 Å². The van der Waals surface area contributed by atoms with Gasteiger partial charge in [-0.05, 0) is 93.9 Å². The van der Waals surface area contributed by atoms with E-state index in [0.717, 1.165) is 86.2 Å². The van der Waals surface area contributed by atoms with Crippen molar-refractivity contribution in [2.24, 2.45) is 0 Å². The number of halogens is 1. The van der Waals surface area contributed by atoms with E-state index in [9.17, 15) is 9.90 Å². The second-order valence-corrected chi connectivity index (χ2v) is 14.1. The monoisotopic (exact) mass is 640 g/mol. The molecule has 3 aromatic carbocycles. The molecule has 7 nitrogen and oxygen atoms in total. The highest BCUT2D eigenvalue weighted by molar-refractivity contribution is 7.22. The fourth-order valence-corrected chi connectivity index (χ4v) is 7.04. The molecule has 5 aromatic rings. The zero-order chi connectivity index (χ0) is 31.9. The number of aryl methyl sites for hydroxylation is 1. The Morgan fingerprint density at radius 3 is 2.44 bits per heavy atom. The number of hydrogen-bond acceptors (Lipinski definition) is 7. The van der Waals surface area contributed by atoms with Gasteiger partial charge in [0.15, 0.2) is 0 Å². The van der Waals surface area contributed by atoms with Crippen LogP contribution in [0.25, 0.3) is 43.0 Å². The number of carbonyl (C=O) groups is 1. The van der Waals surface area contributed by atoms with E-state index in [1.54, 1.807) is 17.4 Å². The topological polar surface area (TPSA) is 78.8 Å². The number of nitrogens with zero attached hydrogens (tertiary/aromatic N) is 4. The van der Waals surface area contributed by atoms with Gasteiger partial charge >= 0.3 is 5.97 Å². The second-order valence-electron chi connectivity index (χ2n) is 12.6. The smallest absolute Gasteiger partial charge is 0.307 e. The molecule has 1 aliphatic heterocycles. The van der Waals surface area contributed by atoms with Gasteiger partial charge in [-0.3, -0.25) is 4.79 Å². The van der Waals surface area contributed by atoms with Crippen LogP contribution in [0.15, 0.2) is 66.9 Å². The summed E-state index contributed by atoms with van der Waals surface area (Å²) in [6.07, 6.45) is 1.83. The number of rotatable bonds is 7. The number of anilines is 1. The predicted molar refractivity (Wildman–Crippen MR) is 185 cm³/mol. The fourth-order valence-electron chi connectivity index (χ4n) is 5.75. The van der Waals surface area contributed by atoms with Crippen LogP contribution in [0, 0.1) is 6.92 Å². The number of ether oxygens (including phenoxy) is 1. The molecule has 1 aliphatic rings. The zero-order valence-electron chi connectivity index (χ0n) is 26.2. The highest BCUT2D eigenvalue weighted by Crippen LogP contribution is 2.45. The van der Waals surface area contributed by atoms with E-state index in [2.05, 4.69) is 47.2 Å². The molecular weight excluding hydrogens is 604 g/mol. The van der Waals surface area contributed by atoms with Gasteiger partial charge in [-0.15, -0.1) is 11.3 Å². The third-order valence-electron chi connectivity index (χ3n) is 7.99. The van der Waals surface area contributed by atoms with Gasteiger partial charge < -0.3 is 19.6 Å². The lowest BCUT2D eigenvalue weighted by Gasteiger charge is -2.33. The molecule has 3 heterocycles. The first kappa shape index (κ1) is 31.0. The molecule has 45 heavy (non-hydrogen) atoms. The van der Waals surface area contributed by atoms with Gasteiger partial charge in [-0.1, -0.05) is 29.8 Å². The van der Waals surface area contributed by atoms with E-state index in [4.69, 9.17) is 26.3 Å².